The van der Waals surface area contributed by atoms with Crippen molar-refractivity contribution in [3.63, 3.8) is 0 Å². The molecule has 1 heterocycles. The van der Waals surface area contributed by atoms with Crippen molar-refractivity contribution in [2.45, 2.75) is 19.4 Å². The predicted molar refractivity (Wildman–Crippen MR) is 161 cm³/mol. The molecule has 0 fully saturated rings. The van der Waals surface area contributed by atoms with Crippen LogP contribution in [0.3, 0.4) is 0 Å². The van der Waals surface area contributed by atoms with Gasteiger partial charge in [-0.25, -0.2) is 4.79 Å². The number of carbonyl (C=O) groups is 1. The third kappa shape index (κ3) is 5.87. The number of aromatic nitrogens is 1. The van der Waals surface area contributed by atoms with Crippen LogP contribution in [0.4, 0.5) is 4.79 Å². The molecule has 5 aromatic carbocycles. The van der Waals surface area contributed by atoms with E-state index in [-0.39, 0.29) is 5.88 Å². The zero-order valence-electron chi connectivity index (χ0n) is 22.4. The van der Waals surface area contributed by atoms with Crippen LogP contribution in [0.1, 0.15) is 17.5 Å². The Balaban J connectivity index is 1.20. The lowest BCUT2D eigenvalue weighted by molar-refractivity contribution is 0.142. The second-order valence-corrected chi connectivity index (χ2v) is 9.76. The molecule has 0 aliphatic rings. The lowest BCUT2D eigenvalue weighted by Crippen LogP contribution is -2.06. The molecule has 6 aromatic rings. The van der Waals surface area contributed by atoms with E-state index in [9.17, 15) is 9.90 Å². The summed E-state index contributed by atoms with van der Waals surface area (Å²) in [4.78, 5) is 14.7. The first kappa shape index (κ1) is 26.0. The summed E-state index contributed by atoms with van der Waals surface area (Å²) in [6, 6.07) is 38.0. The number of aromatic amines is 1. The first-order valence-corrected chi connectivity index (χ1v) is 13.6. The molecular weight excluding hydrogens is 514 g/mol. The van der Waals surface area contributed by atoms with Gasteiger partial charge in [-0.3, -0.25) is 0 Å². The highest BCUT2D eigenvalue weighted by molar-refractivity contribution is 5.98. The first-order chi connectivity index (χ1) is 20.2. The Morgan fingerprint density at radius 2 is 1.46 bits per heavy atom. The molecular formula is C35H29NO5. The molecule has 0 atom stereocenters. The maximum atomic E-state index is 11.5. The van der Waals surface area contributed by atoms with Crippen molar-refractivity contribution in [1.82, 2.24) is 4.98 Å². The molecule has 0 saturated carbocycles. The van der Waals surface area contributed by atoms with Gasteiger partial charge in [-0.2, -0.15) is 0 Å². The minimum atomic E-state index is -1.36. The normalized spacial score (nSPS) is 11.0. The van der Waals surface area contributed by atoms with Crippen molar-refractivity contribution in [3.05, 3.63) is 126 Å². The average Bonchev–Trinajstić information content (AvgIpc) is 3.35. The topological polar surface area (TPSA) is 80.8 Å². The van der Waals surface area contributed by atoms with E-state index < -0.39 is 6.16 Å². The highest BCUT2D eigenvalue weighted by atomic mass is 16.7. The van der Waals surface area contributed by atoms with Gasteiger partial charge in [-0.05, 0) is 47.6 Å². The summed E-state index contributed by atoms with van der Waals surface area (Å²) in [5.41, 5.74) is 4.68. The average molecular weight is 544 g/mol. The van der Waals surface area contributed by atoms with Crippen molar-refractivity contribution in [2.24, 2.45) is 0 Å². The van der Waals surface area contributed by atoms with Crippen LogP contribution in [0.5, 0.6) is 17.4 Å². The first-order valence-electron chi connectivity index (χ1n) is 13.6. The summed E-state index contributed by atoms with van der Waals surface area (Å²) >= 11 is 0. The number of hydrogen-bond acceptors (Lipinski definition) is 4. The number of carboxylic acid groups (broad SMARTS) is 1. The van der Waals surface area contributed by atoms with Crippen molar-refractivity contribution in [2.75, 3.05) is 6.61 Å². The standard InChI is InChI=1S/C35H29NO5/c37-35(38)41-34-31(16-8-22-39-32-17-6-12-25-11-4-5-13-28(25)32)30-15-7-14-29(33(30)36-34)26-18-20-27(21-19-26)40-23-24-9-2-1-3-10-24/h1-7,9-15,17-21,36H,8,16,22-23H2,(H,37,38). The maximum Gasteiger partial charge on any atom is 0.512 e. The third-order valence-electron chi connectivity index (χ3n) is 7.08. The number of para-hydroxylation sites is 1. The van der Waals surface area contributed by atoms with E-state index in [1.54, 1.807) is 0 Å². The Hall–Kier alpha value is -5.23. The summed E-state index contributed by atoms with van der Waals surface area (Å²) in [6.45, 7) is 0.979. The molecule has 6 heteroatoms. The molecule has 0 unspecified atom stereocenters. The van der Waals surface area contributed by atoms with Gasteiger partial charge in [0, 0.05) is 21.9 Å². The number of ether oxygens (including phenoxy) is 3. The van der Waals surface area contributed by atoms with E-state index in [4.69, 9.17) is 14.2 Å². The molecule has 41 heavy (non-hydrogen) atoms. The molecule has 0 aliphatic carbocycles. The van der Waals surface area contributed by atoms with E-state index in [1.807, 2.05) is 103 Å². The van der Waals surface area contributed by atoms with Crippen LogP contribution in [0, 0.1) is 0 Å². The van der Waals surface area contributed by atoms with Crippen molar-refractivity contribution in [1.29, 1.82) is 0 Å². The van der Waals surface area contributed by atoms with Crippen LogP contribution in [0.15, 0.2) is 115 Å². The molecule has 1 aromatic heterocycles. The smallest absolute Gasteiger partial charge is 0.493 e. The Bertz CT molecular complexity index is 1790. The summed E-state index contributed by atoms with van der Waals surface area (Å²) in [5.74, 6) is 1.86. The minimum absolute atomic E-state index is 0.243. The van der Waals surface area contributed by atoms with E-state index in [0.29, 0.717) is 26.1 Å². The zero-order chi connectivity index (χ0) is 28.0. The van der Waals surface area contributed by atoms with Gasteiger partial charge in [0.1, 0.15) is 18.1 Å². The molecule has 0 saturated heterocycles. The van der Waals surface area contributed by atoms with Gasteiger partial charge in [0.05, 0.1) is 12.1 Å². The Labute approximate surface area is 237 Å². The van der Waals surface area contributed by atoms with E-state index in [0.717, 1.165) is 55.4 Å². The predicted octanol–water partition coefficient (Wildman–Crippen LogP) is 8.64. The second-order valence-electron chi connectivity index (χ2n) is 9.76. The van der Waals surface area contributed by atoms with Crippen LogP contribution in [-0.2, 0) is 13.0 Å². The molecule has 0 amide bonds. The van der Waals surface area contributed by atoms with E-state index in [1.165, 1.54) is 0 Å². The number of H-pyrrole nitrogens is 1. The molecule has 0 aliphatic heterocycles. The third-order valence-corrected chi connectivity index (χ3v) is 7.08. The van der Waals surface area contributed by atoms with Gasteiger partial charge in [-0.15, -0.1) is 0 Å². The maximum absolute atomic E-state index is 11.5. The quantitative estimate of drug-likeness (QED) is 0.134. The molecule has 0 radical (unpaired) electrons. The number of aryl methyl sites for hydroxylation is 1. The summed E-state index contributed by atoms with van der Waals surface area (Å²) in [5, 5.41) is 12.5. The second kappa shape index (κ2) is 11.9. The van der Waals surface area contributed by atoms with Crippen LogP contribution in [0.2, 0.25) is 0 Å². The van der Waals surface area contributed by atoms with Crippen molar-refractivity contribution < 1.29 is 24.1 Å². The molecule has 6 nitrogen and oxygen atoms in total. The van der Waals surface area contributed by atoms with Crippen LogP contribution < -0.4 is 14.2 Å². The number of fused-ring (bicyclic) bond motifs is 2. The van der Waals surface area contributed by atoms with Crippen LogP contribution >= 0.6 is 0 Å². The fourth-order valence-corrected chi connectivity index (χ4v) is 5.14. The number of hydrogen-bond donors (Lipinski definition) is 2. The van der Waals surface area contributed by atoms with Crippen LogP contribution in [-0.4, -0.2) is 22.9 Å². The van der Waals surface area contributed by atoms with Crippen LogP contribution in [0.25, 0.3) is 32.8 Å². The van der Waals surface area contributed by atoms with Gasteiger partial charge in [0.2, 0.25) is 5.88 Å². The molecule has 2 N–H and O–H groups in total. The fraction of sp³-hybridized carbons (Fsp3) is 0.114. The minimum Gasteiger partial charge on any atom is -0.493 e. The molecule has 6 rings (SSSR count). The van der Waals surface area contributed by atoms with E-state index >= 15 is 0 Å². The summed E-state index contributed by atoms with van der Waals surface area (Å²) < 4.78 is 17.3. The monoisotopic (exact) mass is 543 g/mol. The van der Waals surface area contributed by atoms with Crippen molar-refractivity contribution in [3.8, 4) is 28.5 Å². The van der Waals surface area contributed by atoms with Gasteiger partial charge in [-0.1, -0.05) is 97.1 Å². The Morgan fingerprint density at radius 3 is 2.29 bits per heavy atom. The molecule has 0 spiro atoms. The van der Waals surface area contributed by atoms with Gasteiger partial charge >= 0.3 is 6.16 Å². The Kier molecular flexibility index (Phi) is 7.54. The summed E-state index contributed by atoms with van der Waals surface area (Å²) in [6.07, 6.45) is -0.0845. The number of benzene rings is 5. The lowest BCUT2D eigenvalue weighted by Gasteiger charge is -2.10. The Morgan fingerprint density at radius 1 is 0.732 bits per heavy atom. The number of nitrogens with one attached hydrogen (secondary N) is 1. The van der Waals surface area contributed by atoms with Gasteiger partial charge in [0.25, 0.3) is 0 Å². The lowest BCUT2D eigenvalue weighted by atomic mass is 10.0. The molecule has 0 bridgehead atoms. The number of rotatable bonds is 10. The SMILES string of the molecule is O=C(O)Oc1[nH]c2c(-c3ccc(OCc4ccccc4)cc3)cccc2c1CCCOc1cccc2ccccc12. The van der Waals surface area contributed by atoms with Gasteiger partial charge < -0.3 is 24.3 Å². The fourth-order valence-electron chi connectivity index (χ4n) is 5.14. The highest BCUT2D eigenvalue weighted by Gasteiger charge is 2.18. The largest absolute Gasteiger partial charge is 0.512 e. The van der Waals surface area contributed by atoms with Gasteiger partial charge in [0.15, 0.2) is 0 Å². The highest BCUT2D eigenvalue weighted by Crippen LogP contribution is 2.36. The van der Waals surface area contributed by atoms with E-state index in [2.05, 4.69) is 17.1 Å². The summed E-state index contributed by atoms with van der Waals surface area (Å²) in [7, 11) is 0. The van der Waals surface area contributed by atoms with Crippen molar-refractivity contribution >= 4 is 27.8 Å². The zero-order valence-corrected chi connectivity index (χ0v) is 22.4. The molecule has 204 valence electrons.